The fourth-order valence-corrected chi connectivity index (χ4v) is 4.98. The van der Waals surface area contributed by atoms with Gasteiger partial charge in [0.1, 0.15) is 0 Å². The molecule has 0 heterocycles. The minimum atomic E-state index is 0.567. The average Bonchev–Trinajstić information content (AvgIpc) is 2.85. The van der Waals surface area contributed by atoms with Crippen LogP contribution in [0, 0.1) is 17.8 Å². The largest absolute Gasteiger partial charge is 0.0945 e. The zero-order chi connectivity index (χ0) is 22.4. The van der Waals surface area contributed by atoms with Crippen molar-refractivity contribution < 1.29 is 0 Å². The van der Waals surface area contributed by atoms with Crippen LogP contribution in [0.5, 0.6) is 0 Å². The Hall–Kier alpha value is -2.00. The summed E-state index contributed by atoms with van der Waals surface area (Å²) in [5.41, 5.74) is 5.69. The van der Waals surface area contributed by atoms with Crippen LogP contribution in [0.4, 0.5) is 0 Å². The molecule has 2 aromatic carbocycles. The predicted octanol–water partition coefficient (Wildman–Crippen LogP) is 9.26. The molecule has 32 heavy (non-hydrogen) atoms. The summed E-state index contributed by atoms with van der Waals surface area (Å²) < 4.78 is 0. The van der Waals surface area contributed by atoms with Crippen molar-refractivity contribution in [3.63, 3.8) is 0 Å². The molecule has 0 N–H and O–H groups in total. The first kappa shape index (κ1) is 24.6. The van der Waals surface area contributed by atoms with Gasteiger partial charge in [-0.1, -0.05) is 101 Å². The van der Waals surface area contributed by atoms with E-state index in [4.69, 9.17) is 0 Å². The summed E-state index contributed by atoms with van der Waals surface area (Å²) in [5.74, 6) is 8.34. The van der Waals surface area contributed by atoms with Gasteiger partial charge in [0.05, 0.1) is 0 Å². The van der Waals surface area contributed by atoms with Crippen LogP contribution in [0.15, 0.2) is 48.5 Å². The van der Waals surface area contributed by atoms with Crippen molar-refractivity contribution in [2.75, 3.05) is 0 Å². The molecule has 3 rings (SSSR count). The Morgan fingerprint density at radius 2 is 1.16 bits per heavy atom. The number of benzene rings is 2. The first-order chi connectivity index (χ1) is 15.8. The van der Waals surface area contributed by atoms with Crippen LogP contribution in [-0.4, -0.2) is 0 Å². The number of rotatable bonds is 11. The highest BCUT2D eigenvalue weighted by atomic mass is 14.2. The summed E-state index contributed by atoms with van der Waals surface area (Å²) in [6.07, 6.45) is 18.2. The molecule has 0 spiro atoms. The molecule has 0 saturated heterocycles. The first-order valence-electron chi connectivity index (χ1n) is 13.5. The van der Waals surface area contributed by atoms with Gasteiger partial charge < -0.3 is 0 Å². The SMILES string of the molecule is CCCCCCc1ccc(C#C[C@H]2CC[C@H](c3ccc(CCCCCC)cc3)CC2)cc1. The second-order valence-electron chi connectivity index (χ2n) is 9.88. The van der Waals surface area contributed by atoms with E-state index >= 15 is 0 Å². The molecule has 1 fully saturated rings. The molecular weight excluding hydrogens is 384 g/mol. The third-order valence-corrected chi connectivity index (χ3v) is 7.19. The fraction of sp³-hybridized carbons (Fsp3) is 0.562. The van der Waals surface area contributed by atoms with Gasteiger partial charge in [0.2, 0.25) is 0 Å². The number of unbranched alkanes of at least 4 members (excludes halogenated alkanes) is 6. The molecule has 0 heteroatoms. The first-order valence-corrected chi connectivity index (χ1v) is 13.5. The van der Waals surface area contributed by atoms with Crippen molar-refractivity contribution in [2.24, 2.45) is 5.92 Å². The Kier molecular flexibility index (Phi) is 10.9. The van der Waals surface area contributed by atoms with E-state index in [1.54, 1.807) is 5.56 Å². The van der Waals surface area contributed by atoms with E-state index < -0.39 is 0 Å². The van der Waals surface area contributed by atoms with Crippen molar-refractivity contribution in [2.45, 2.75) is 110 Å². The molecule has 0 radical (unpaired) electrons. The number of aryl methyl sites for hydroxylation is 2. The van der Waals surface area contributed by atoms with Crippen LogP contribution in [0.2, 0.25) is 0 Å². The van der Waals surface area contributed by atoms with Gasteiger partial charge in [-0.2, -0.15) is 0 Å². The molecule has 0 unspecified atom stereocenters. The van der Waals surface area contributed by atoms with Crippen LogP contribution in [0.3, 0.4) is 0 Å². The number of hydrogen-bond acceptors (Lipinski definition) is 0. The smallest absolute Gasteiger partial charge is 0.0245 e. The molecule has 0 aromatic heterocycles. The molecule has 172 valence electrons. The van der Waals surface area contributed by atoms with Crippen molar-refractivity contribution in [3.05, 3.63) is 70.8 Å². The normalized spacial score (nSPS) is 18.2. The van der Waals surface area contributed by atoms with E-state index in [-0.39, 0.29) is 0 Å². The summed E-state index contributed by atoms with van der Waals surface area (Å²) in [6, 6.07) is 18.5. The maximum atomic E-state index is 3.58. The summed E-state index contributed by atoms with van der Waals surface area (Å²) in [6.45, 7) is 4.55. The van der Waals surface area contributed by atoms with Crippen molar-refractivity contribution in [1.29, 1.82) is 0 Å². The molecule has 0 bridgehead atoms. The lowest BCUT2D eigenvalue weighted by Crippen LogP contribution is -2.12. The maximum Gasteiger partial charge on any atom is 0.0245 e. The molecule has 0 atom stereocenters. The predicted molar refractivity (Wildman–Crippen MR) is 140 cm³/mol. The van der Waals surface area contributed by atoms with Gasteiger partial charge in [-0.3, -0.25) is 0 Å². The Morgan fingerprint density at radius 3 is 1.69 bits per heavy atom. The summed E-state index contributed by atoms with van der Waals surface area (Å²) in [4.78, 5) is 0. The van der Waals surface area contributed by atoms with Crippen LogP contribution >= 0.6 is 0 Å². The lowest BCUT2D eigenvalue weighted by Gasteiger charge is -2.26. The lowest BCUT2D eigenvalue weighted by atomic mass is 9.78. The van der Waals surface area contributed by atoms with Gasteiger partial charge in [0.15, 0.2) is 0 Å². The van der Waals surface area contributed by atoms with Crippen molar-refractivity contribution in [1.82, 2.24) is 0 Å². The standard InChI is InChI=1S/C32H44/c1-3-5-7-9-11-27-13-15-29(16-14-27)17-18-30-21-25-32(26-22-30)31-23-19-28(20-24-31)12-10-8-6-4-2/h13-16,19-20,23-24,30,32H,3-12,21-22,25-26H2,1-2H3/t30-,32-. The third-order valence-electron chi connectivity index (χ3n) is 7.19. The lowest BCUT2D eigenvalue weighted by molar-refractivity contribution is 0.384. The molecule has 0 nitrogen and oxygen atoms in total. The molecular formula is C32H44. The summed E-state index contributed by atoms with van der Waals surface area (Å²) >= 11 is 0. The minimum Gasteiger partial charge on any atom is -0.0945 e. The van der Waals surface area contributed by atoms with Gasteiger partial charge in [-0.05, 0) is 86.1 Å². The van der Waals surface area contributed by atoms with Crippen molar-refractivity contribution >= 4 is 0 Å². The molecule has 0 amide bonds. The van der Waals surface area contributed by atoms with Crippen LogP contribution in [0.25, 0.3) is 0 Å². The zero-order valence-corrected chi connectivity index (χ0v) is 20.7. The molecule has 2 aromatic rings. The van der Waals surface area contributed by atoms with Gasteiger partial charge in [-0.15, -0.1) is 0 Å². The quantitative estimate of drug-likeness (QED) is 0.247. The summed E-state index contributed by atoms with van der Waals surface area (Å²) in [7, 11) is 0. The van der Waals surface area contributed by atoms with Crippen molar-refractivity contribution in [3.8, 4) is 11.8 Å². The van der Waals surface area contributed by atoms with Gasteiger partial charge >= 0.3 is 0 Å². The third kappa shape index (κ3) is 8.50. The number of hydrogen-bond donors (Lipinski definition) is 0. The minimum absolute atomic E-state index is 0.567. The van der Waals surface area contributed by atoms with Gasteiger partial charge in [0, 0.05) is 11.5 Å². The molecule has 1 aliphatic rings. The Labute approximate surface area is 198 Å². The second-order valence-corrected chi connectivity index (χ2v) is 9.88. The Balaban J connectivity index is 1.41. The highest BCUT2D eigenvalue weighted by Gasteiger charge is 2.21. The van der Waals surface area contributed by atoms with E-state index in [0.717, 1.165) is 5.92 Å². The topological polar surface area (TPSA) is 0 Å². The monoisotopic (exact) mass is 428 g/mol. The van der Waals surface area contributed by atoms with Crippen LogP contribution < -0.4 is 0 Å². The van der Waals surface area contributed by atoms with E-state index in [0.29, 0.717) is 5.92 Å². The van der Waals surface area contributed by atoms with Crippen LogP contribution in [0.1, 0.15) is 119 Å². The van der Waals surface area contributed by atoms with E-state index in [1.807, 2.05) is 0 Å². The maximum absolute atomic E-state index is 3.58. The van der Waals surface area contributed by atoms with E-state index in [9.17, 15) is 0 Å². The van der Waals surface area contributed by atoms with E-state index in [2.05, 4.69) is 74.2 Å². The molecule has 1 aliphatic carbocycles. The molecule has 1 saturated carbocycles. The highest BCUT2D eigenvalue weighted by molar-refractivity contribution is 5.37. The van der Waals surface area contributed by atoms with Gasteiger partial charge in [-0.25, -0.2) is 0 Å². The Bertz CT molecular complexity index is 807. The molecule has 0 aliphatic heterocycles. The zero-order valence-electron chi connectivity index (χ0n) is 20.7. The van der Waals surface area contributed by atoms with Crippen LogP contribution in [-0.2, 0) is 12.8 Å². The highest BCUT2D eigenvalue weighted by Crippen LogP contribution is 2.35. The Morgan fingerprint density at radius 1 is 0.625 bits per heavy atom. The summed E-state index contributed by atoms with van der Waals surface area (Å²) in [5, 5.41) is 0. The average molecular weight is 429 g/mol. The van der Waals surface area contributed by atoms with E-state index in [1.165, 1.54) is 107 Å². The fourth-order valence-electron chi connectivity index (χ4n) is 4.98. The van der Waals surface area contributed by atoms with Gasteiger partial charge in [0.25, 0.3) is 0 Å². The second kappa shape index (κ2) is 14.2.